The fourth-order valence-corrected chi connectivity index (χ4v) is 2.36. The molecule has 0 spiro atoms. The van der Waals surface area contributed by atoms with Gasteiger partial charge in [0.25, 0.3) is 0 Å². The lowest BCUT2D eigenvalue weighted by Gasteiger charge is -2.10. The Morgan fingerprint density at radius 1 is 1.00 bits per heavy atom. The van der Waals surface area contributed by atoms with Crippen molar-refractivity contribution in [3.8, 4) is 11.5 Å². The van der Waals surface area contributed by atoms with E-state index in [0.29, 0.717) is 13.2 Å². The molecule has 0 amide bonds. The van der Waals surface area contributed by atoms with E-state index in [9.17, 15) is 0 Å². The van der Waals surface area contributed by atoms with Gasteiger partial charge in [0.1, 0.15) is 0 Å². The van der Waals surface area contributed by atoms with Gasteiger partial charge >= 0.3 is 0 Å². The van der Waals surface area contributed by atoms with Crippen molar-refractivity contribution in [2.45, 2.75) is 19.6 Å². The minimum atomic E-state index is 0.289. The molecule has 0 radical (unpaired) electrons. The van der Waals surface area contributed by atoms with Crippen LogP contribution in [0, 0.1) is 0 Å². The molecule has 108 valence electrons. The molecule has 3 rings (SSSR count). The molecule has 0 saturated carbocycles. The minimum absolute atomic E-state index is 0.289. The Kier molecular flexibility index (Phi) is 4.22. The van der Waals surface area contributed by atoms with Gasteiger partial charge in [0.2, 0.25) is 6.79 Å². The van der Waals surface area contributed by atoms with E-state index in [4.69, 9.17) is 14.2 Å². The van der Waals surface area contributed by atoms with Crippen LogP contribution in [0.2, 0.25) is 0 Å². The SMILES string of the molecule is C=CCc1cc2c(cc1COCc1ccccc1)OCO2. The first-order valence-electron chi connectivity index (χ1n) is 7.01. The summed E-state index contributed by atoms with van der Waals surface area (Å²) >= 11 is 0. The highest BCUT2D eigenvalue weighted by Gasteiger charge is 2.16. The van der Waals surface area contributed by atoms with Gasteiger partial charge in [0, 0.05) is 0 Å². The molecule has 0 bridgehead atoms. The van der Waals surface area contributed by atoms with Crippen LogP contribution in [0.3, 0.4) is 0 Å². The molecule has 21 heavy (non-hydrogen) atoms. The van der Waals surface area contributed by atoms with Gasteiger partial charge in [0.05, 0.1) is 13.2 Å². The summed E-state index contributed by atoms with van der Waals surface area (Å²) in [4.78, 5) is 0. The predicted octanol–water partition coefficient (Wildman–Crippen LogP) is 3.86. The molecular formula is C18H18O3. The van der Waals surface area contributed by atoms with Crippen LogP contribution in [0.1, 0.15) is 16.7 Å². The Balaban J connectivity index is 1.70. The third-order valence-electron chi connectivity index (χ3n) is 3.43. The molecule has 0 aliphatic carbocycles. The topological polar surface area (TPSA) is 27.7 Å². The first kappa shape index (κ1) is 13.7. The summed E-state index contributed by atoms with van der Waals surface area (Å²) in [5, 5.41) is 0. The van der Waals surface area contributed by atoms with Crippen molar-refractivity contribution in [1.82, 2.24) is 0 Å². The Hall–Kier alpha value is -2.26. The predicted molar refractivity (Wildman–Crippen MR) is 81.4 cm³/mol. The molecule has 2 aromatic carbocycles. The smallest absolute Gasteiger partial charge is 0.231 e. The highest BCUT2D eigenvalue weighted by atomic mass is 16.7. The van der Waals surface area contributed by atoms with Gasteiger partial charge in [-0.25, -0.2) is 0 Å². The summed E-state index contributed by atoms with van der Waals surface area (Å²) in [6.07, 6.45) is 2.68. The zero-order valence-electron chi connectivity index (χ0n) is 11.9. The van der Waals surface area contributed by atoms with Crippen LogP contribution in [0.15, 0.2) is 55.1 Å². The third-order valence-corrected chi connectivity index (χ3v) is 3.43. The summed E-state index contributed by atoms with van der Waals surface area (Å²) in [5.74, 6) is 1.60. The summed E-state index contributed by atoms with van der Waals surface area (Å²) in [5.41, 5.74) is 3.46. The molecule has 0 unspecified atom stereocenters. The van der Waals surface area contributed by atoms with Crippen molar-refractivity contribution in [3.63, 3.8) is 0 Å². The number of hydrogen-bond donors (Lipinski definition) is 0. The van der Waals surface area contributed by atoms with E-state index in [1.807, 2.05) is 36.4 Å². The molecule has 1 aliphatic heterocycles. The zero-order chi connectivity index (χ0) is 14.5. The standard InChI is InChI=1S/C18H18O3/c1-2-6-15-9-17-18(21-13-20-17)10-16(15)12-19-11-14-7-4-3-5-8-14/h2-5,7-10H,1,6,11-13H2. The average molecular weight is 282 g/mol. The monoisotopic (exact) mass is 282 g/mol. The Labute approximate surface area is 124 Å². The summed E-state index contributed by atoms with van der Waals surface area (Å²) in [7, 11) is 0. The highest BCUT2D eigenvalue weighted by Crippen LogP contribution is 2.35. The van der Waals surface area contributed by atoms with Gasteiger partial charge in [-0.05, 0) is 35.2 Å². The van der Waals surface area contributed by atoms with Crippen LogP contribution in [0.5, 0.6) is 11.5 Å². The number of benzene rings is 2. The molecule has 0 aromatic heterocycles. The number of rotatable bonds is 6. The van der Waals surface area contributed by atoms with E-state index in [1.54, 1.807) is 0 Å². The second-order valence-corrected chi connectivity index (χ2v) is 4.95. The molecule has 0 saturated heterocycles. The van der Waals surface area contributed by atoms with E-state index in [-0.39, 0.29) is 6.79 Å². The second kappa shape index (κ2) is 6.46. The van der Waals surface area contributed by atoms with Crippen molar-refractivity contribution < 1.29 is 14.2 Å². The van der Waals surface area contributed by atoms with Gasteiger partial charge in [0.15, 0.2) is 11.5 Å². The highest BCUT2D eigenvalue weighted by molar-refractivity contribution is 5.49. The van der Waals surface area contributed by atoms with Gasteiger partial charge < -0.3 is 14.2 Å². The molecule has 0 fully saturated rings. The second-order valence-electron chi connectivity index (χ2n) is 4.95. The molecule has 1 aliphatic rings. The molecule has 3 nitrogen and oxygen atoms in total. The number of ether oxygens (including phenoxy) is 3. The van der Waals surface area contributed by atoms with Crippen molar-refractivity contribution in [1.29, 1.82) is 0 Å². The fourth-order valence-electron chi connectivity index (χ4n) is 2.36. The lowest BCUT2D eigenvalue weighted by Crippen LogP contribution is -1.98. The van der Waals surface area contributed by atoms with Crippen molar-refractivity contribution >= 4 is 0 Å². The quantitative estimate of drug-likeness (QED) is 0.753. The Morgan fingerprint density at radius 2 is 1.71 bits per heavy atom. The maximum absolute atomic E-state index is 5.82. The van der Waals surface area contributed by atoms with E-state index in [2.05, 4.69) is 18.7 Å². The first-order valence-corrected chi connectivity index (χ1v) is 7.01. The van der Waals surface area contributed by atoms with Gasteiger partial charge in [-0.2, -0.15) is 0 Å². The number of allylic oxidation sites excluding steroid dienone is 1. The summed E-state index contributed by atoms with van der Waals surface area (Å²) in [6, 6.07) is 14.2. The Morgan fingerprint density at radius 3 is 2.43 bits per heavy atom. The van der Waals surface area contributed by atoms with Crippen LogP contribution < -0.4 is 9.47 Å². The molecule has 0 N–H and O–H groups in total. The fraction of sp³-hybridized carbons (Fsp3) is 0.222. The molecule has 0 atom stereocenters. The number of hydrogen-bond acceptors (Lipinski definition) is 3. The van der Waals surface area contributed by atoms with Crippen molar-refractivity contribution in [2.75, 3.05) is 6.79 Å². The van der Waals surface area contributed by atoms with Crippen LogP contribution >= 0.6 is 0 Å². The normalized spacial score (nSPS) is 12.4. The van der Waals surface area contributed by atoms with Crippen LogP contribution in [0.25, 0.3) is 0 Å². The van der Waals surface area contributed by atoms with Gasteiger partial charge in [-0.1, -0.05) is 36.4 Å². The third kappa shape index (κ3) is 3.26. The van der Waals surface area contributed by atoms with Crippen LogP contribution in [0.4, 0.5) is 0 Å². The van der Waals surface area contributed by atoms with E-state index >= 15 is 0 Å². The summed E-state index contributed by atoms with van der Waals surface area (Å²) in [6.45, 7) is 5.24. The van der Waals surface area contributed by atoms with Crippen LogP contribution in [-0.4, -0.2) is 6.79 Å². The van der Waals surface area contributed by atoms with Gasteiger partial charge in [-0.15, -0.1) is 6.58 Å². The minimum Gasteiger partial charge on any atom is -0.454 e. The van der Waals surface area contributed by atoms with Gasteiger partial charge in [-0.3, -0.25) is 0 Å². The van der Waals surface area contributed by atoms with Crippen LogP contribution in [-0.2, 0) is 24.4 Å². The molecule has 3 heteroatoms. The summed E-state index contributed by atoms with van der Waals surface area (Å²) < 4.78 is 16.7. The first-order chi connectivity index (χ1) is 10.4. The van der Waals surface area contributed by atoms with E-state index in [0.717, 1.165) is 23.5 Å². The van der Waals surface area contributed by atoms with Crippen molar-refractivity contribution in [2.24, 2.45) is 0 Å². The average Bonchev–Trinajstić information content (AvgIpc) is 2.96. The maximum Gasteiger partial charge on any atom is 0.231 e. The zero-order valence-corrected chi connectivity index (χ0v) is 11.9. The van der Waals surface area contributed by atoms with E-state index in [1.165, 1.54) is 11.1 Å². The lowest BCUT2D eigenvalue weighted by atomic mass is 10.0. The molecule has 2 aromatic rings. The largest absolute Gasteiger partial charge is 0.454 e. The van der Waals surface area contributed by atoms with E-state index < -0.39 is 0 Å². The maximum atomic E-state index is 5.82. The number of fused-ring (bicyclic) bond motifs is 1. The lowest BCUT2D eigenvalue weighted by molar-refractivity contribution is 0.106. The molecule has 1 heterocycles. The molecular weight excluding hydrogens is 264 g/mol. The van der Waals surface area contributed by atoms with Crippen molar-refractivity contribution in [3.05, 3.63) is 71.8 Å². The Bertz CT molecular complexity index is 620.